The molecular formula is C25H28N2O2. The maximum atomic E-state index is 9.82. The monoisotopic (exact) mass is 388 g/mol. The molecule has 2 heterocycles. The number of pyridine rings is 1. The number of fused-ring (bicyclic) bond motifs is 2. The van der Waals surface area contributed by atoms with E-state index in [4.69, 9.17) is 4.98 Å². The molecule has 0 saturated carbocycles. The first-order valence-electron chi connectivity index (χ1n) is 9.91. The average Bonchev–Trinajstić information content (AvgIpc) is 2.97. The first-order chi connectivity index (χ1) is 13.8. The number of carbonyl (C=O) groups excluding carboxylic acids is 1. The summed E-state index contributed by atoms with van der Waals surface area (Å²) >= 11 is 0. The predicted octanol–water partition coefficient (Wildman–Crippen LogP) is 6.19. The summed E-state index contributed by atoms with van der Waals surface area (Å²) in [5, 5.41) is 2.51. The normalized spacial score (nSPS) is 10.7. The van der Waals surface area contributed by atoms with Crippen molar-refractivity contribution in [2.75, 3.05) is 6.61 Å². The van der Waals surface area contributed by atoms with Crippen molar-refractivity contribution in [2.24, 2.45) is 0 Å². The fourth-order valence-corrected chi connectivity index (χ4v) is 3.72. The molecule has 0 radical (unpaired) electrons. The van der Waals surface area contributed by atoms with Crippen molar-refractivity contribution >= 4 is 27.8 Å². The maximum Gasteiger partial charge on any atom is 0.302 e. The molecule has 4 rings (SSSR count). The highest BCUT2D eigenvalue weighted by atomic mass is 16.5. The van der Waals surface area contributed by atoms with Crippen LogP contribution in [0.3, 0.4) is 0 Å². The molecule has 0 atom stereocenters. The van der Waals surface area contributed by atoms with Gasteiger partial charge in [0.1, 0.15) is 0 Å². The summed E-state index contributed by atoms with van der Waals surface area (Å²) < 4.78 is 4.40. The number of carbonyl (C=O) groups is 1. The van der Waals surface area contributed by atoms with Gasteiger partial charge in [0.15, 0.2) is 0 Å². The zero-order valence-electron chi connectivity index (χ0n) is 18.0. The minimum absolute atomic E-state index is 0.211. The van der Waals surface area contributed by atoms with Crippen LogP contribution in [0.25, 0.3) is 32.9 Å². The Morgan fingerprint density at radius 3 is 2.45 bits per heavy atom. The van der Waals surface area contributed by atoms with Crippen molar-refractivity contribution in [3.05, 3.63) is 65.0 Å². The fourth-order valence-electron chi connectivity index (χ4n) is 3.72. The number of benzene rings is 2. The molecule has 0 aliphatic heterocycles. The molecule has 0 aliphatic carbocycles. The SMILES string of the molecule is CCOC(C)=O.Cc1ccc2[nH]c(C)c(-c3cc(C)nc4c(C)cccc34)c2c1. The van der Waals surface area contributed by atoms with Crippen LogP contribution in [0.15, 0.2) is 42.5 Å². The Bertz CT molecular complexity index is 1190. The molecule has 4 aromatic rings. The summed E-state index contributed by atoms with van der Waals surface area (Å²) in [6.45, 7) is 12.2. The van der Waals surface area contributed by atoms with E-state index < -0.39 is 0 Å². The Kier molecular flexibility index (Phi) is 6.02. The number of rotatable bonds is 2. The van der Waals surface area contributed by atoms with Crippen LogP contribution in [0.5, 0.6) is 0 Å². The molecule has 29 heavy (non-hydrogen) atoms. The van der Waals surface area contributed by atoms with Crippen LogP contribution in [0.2, 0.25) is 0 Å². The Balaban J connectivity index is 0.000000353. The average molecular weight is 389 g/mol. The molecule has 2 aromatic carbocycles. The number of aromatic amines is 1. The van der Waals surface area contributed by atoms with Gasteiger partial charge in [-0.25, -0.2) is 0 Å². The van der Waals surface area contributed by atoms with Crippen LogP contribution < -0.4 is 0 Å². The third kappa shape index (κ3) is 4.32. The van der Waals surface area contributed by atoms with Gasteiger partial charge in [-0.05, 0) is 63.9 Å². The minimum Gasteiger partial charge on any atom is -0.466 e. The molecule has 4 heteroatoms. The lowest BCUT2D eigenvalue weighted by Crippen LogP contribution is -1.95. The van der Waals surface area contributed by atoms with Crippen molar-refractivity contribution in [3.8, 4) is 11.1 Å². The van der Waals surface area contributed by atoms with Crippen molar-refractivity contribution < 1.29 is 9.53 Å². The number of para-hydroxylation sites is 1. The van der Waals surface area contributed by atoms with E-state index in [9.17, 15) is 4.79 Å². The number of aromatic nitrogens is 2. The molecule has 2 aromatic heterocycles. The zero-order valence-corrected chi connectivity index (χ0v) is 18.0. The topological polar surface area (TPSA) is 55.0 Å². The van der Waals surface area contributed by atoms with E-state index in [1.165, 1.54) is 51.2 Å². The number of hydrogen-bond acceptors (Lipinski definition) is 3. The van der Waals surface area contributed by atoms with Crippen LogP contribution in [-0.4, -0.2) is 22.5 Å². The molecule has 0 fully saturated rings. The highest BCUT2D eigenvalue weighted by molar-refractivity contribution is 6.06. The fraction of sp³-hybridized carbons (Fsp3) is 0.280. The second kappa shape index (κ2) is 8.48. The summed E-state index contributed by atoms with van der Waals surface area (Å²) in [6.07, 6.45) is 0. The zero-order chi connectivity index (χ0) is 21.1. The lowest BCUT2D eigenvalue weighted by molar-refractivity contribution is -0.140. The van der Waals surface area contributed by atoms with Gasteiger partial charge in [0.05, 0.1) is 12.1 Å². The van der Waals surface area contributed by atoms with Gasteiger partial charge >= 0.3 is 5.97 Å². The van der Waals surface area contributed by atoms with E-state index >= 15 is 0 Å². The lowest BCUT2D eigenvalue weighted by atomic mass is 9.96. The van der Waals surface area contributed by atoms with E-state index in [-0.39, 0.29) is 5.97 Å². The number of hydrogen-bond donors (Lipinski definition) is 1. The summed E-state index contributed by atoms with van der Waals surface area (Å²) in [5.41, 5.74) is 9.63. The third-order valence-corrected chi connectivity index (χ3v) is 4.93. The van der Waals surface area contributed by atoms with Crippen molar-refractivity contribution in [3.63, 3.8) is 0 Å². The highest BCUT2D eigenvalue weighted by Gasteiger charge is 2.15. The Labute approximate surface area is 171 Å². The van der Waals surface area contributed by atoms with Gasteiger partial charge in [-0.15, -0.1) is 0 Å². The molecule has 1 N–H and O–H groups in total. The largest absolute Gasteiger partial charge is 0.466 e. The molecule has 0 saturated heterocycles. The van der Waals surface area contributed by atoms with Crippen molar-refractivity contribution in [2.45, 2.75) is 41.5 Å². The maximum absolute atomic E-state index is 9.82. The van der Waals surface area contributed by atoms with E-state index in [0.717, 1.165) is 11.2 Å². The minimum atomic E-state index is -0.211. The smallest absolute Gasteiger partial charge is 0.302 e. The molecule has 0 amide bonds. The van der Waals surface area contributed by atoms with Crippen LogP contribution in [-0.2, 0) is 9.53 Å². The van der Waals surface area contributed by atoms with E-state index in [0.29, 0.717) is 6.61 Å². The van der Waals surface area contributed by atoms with Crippen molar-refractivity contribution in [1.29, 1.82) is 0 Å². The number of H-pyrrole nitrogens is 1. The first-order valence-corrected chi connectivity index (χ1v) is 9.91. The number of esters is 1. The number of nitrogens with one attached hydrogen (secondary N) is 1. The van der Waals surface area contributed by atoms with Gasteiger partial charge < -0.3 is 9.72 Å². The quantitative estimate of drug-likeness (QED) is 0.417. The van der Waals surface area contributed by atoms with Gasteiger partial charge in [0, 0.05) is 40.2 Å². The summed E-state index contributed by atoms with van der Waals surface area (Å²) in [5.74, 6) is -0.211. The summed E-state index contributed by atoms with van der Waals surface area (Å²) in [4.78, 5) is 18.1. The van der Waals surface area contributed by atoms with Gasteiger partial charge in [-0.3, -0.25) is 9.78 Å². The Hall–Kier alpha value is -3.14. The van der Waals surface area contributed by atoms with Gasteiger partial charge in [0.2, 0.25) is 0 Å². The molecule has 0 unspecified atom stereocenters. The van der Waals surface area contributed by atoms with Crippen LogP contribution in [0, 0.1) is 27.7 Å². The lowest BCUT2D eigenvalue weighted by Gasteiger charge is -2.10. The third-order valence-electron chi connectivity index (χ3n) is 4.93. The molecule has 4 nitrogen and oxygen atoms in total. The van der Waals surface area contributed by atoms with E-state index in [1.54, 1.807) is 6.92 Å². The predicted molar refractivity (Wildman–Crippen MR) is 120 cm³/mol. The van der Waals surface area contributed by atoms with Crippen LogP contribution >= 0.6 is 0 Å². The summed E-state index contributed by atoms with van der Waals surface area (Å²) in [7, 11) is 0. The number of nitrogens with zero attached hydrogens (tertiary/aromatic N) is 1. The van der Waals surface area contributed by atoms with E-state index in [1.807, 2.05) is 0 Å². The van der Waals surface area contributed by atoms with Gasteiger partial charge in [-0.2, -0.15) is 0 Å². The second-order valence-corrected chi connectivity index (χ2v) is 7.38. The van der Waals surface area contributed by atoms with Crippen LogP contribution in [0.1, 0.15) is 36.4 Å². The molecule has 0 spiro atoms. The summed E-state index contributed by atoms with van der Waals surface area (Å²) in [6, 6.07) is 15.2. The second-order valence-electron chi connectivity index (χ2n) is 7.38. The van der Waals surface area contributed by atoms with Gasteiger partial charge in [-0.1, -0.05) is 29.8 Å². The van der Waals surface area contributed by atoms with Crippen molar-refractivity contribution in [1.82, 2.24) is 9.97 Å². The van der Waals surface area contributed by atoms with Crippen LogP contribution in [0.4, 0.5) is 0 Å². The molecular weight excluding hydrogens is 360 g/mol. The molecule has 150 valence electrons. The van der Waals surface area contributed by atoms with E-state index in [2.05, 4.69) is 79.9 Å². The number of ether oxygens (including phenoxy) is 1. The molecule has 0 aliphatic rings. The van der Waals surface area contributed by atoms with Gasteiger partial charge in [0.25, 0.3) is 0 Å². The Morgan fingerprint density at radius 2 is 1.79 bits per heavy atom. The first kappa shape index (κ1) is 20.6. The molecule has 0 bridgehead atoms. The standard InChI is InChI=1S/C21H20N2.C4H8O2/c1-12-8-9-19-18(10-12)20(15(4)23-19)17-11-14(3)22-21-13(2)6-5-7-16(17)21;1-3-6-4(2)5/h5-11,23H,1-4H3;3H2,1-2H3. The number of aryl methyl sites for hydroxylation is 4. The Morgan fingerprint density at radius 1 is 1.03 bits per heavy atom. The highest BCUT2D eigenvalue weighted by Crippen LogP contribution is 2.37.